The molecule has 5 heteroatoms. The van der Waals surface area contributed by atoms with Crippen LogP contribution in [-0.2, 0) is 0 Å². The van der Waals surface area contributed by atoms with Crippen molar-refractivity contribution in [2.24, 2.45) is 0 Å². The summed E-state index contributed by atoms with van der Waals surface area (Å²) in [4.78, 5) is 0. The molecule has 1 atom stereocenters. The summed E-state index contributed by atoms with van der Waals surface area (Å²) in [5, 5.41) is 3.25. The number of nitrogens with one attached hydrogen (secondary N) is 1. The Balaban J connectivity index is 1.63. The molecular formula is C16H14FNO3. The Morgan fingerprint density at radius 3 is 2.71 bits per heavy atom. The van der Waals surface area contributed by atoms with E-state index < -0.39 is 0 Å². The maximum absolute atomic E-state index is 13.3. The Morgan fingerprint density at radius 2 is 1.81 bits per heavy atom. The van der Waals surface area contributed by atoms with Crippen molar-refractivity contribution in [2.45, 2.75) is 6.10 Å². The fourth-order valence-corrected chi connectivity index (χ4v) is 2.58. The SMILES string of the molecule is Fc1ccc2c(c1)OC(c1ccc3c(c1)OCCO3)CN2. The fourth-order valence-electron chi connectivity index (χ4n) is 2.58. The predicted octanol–water partition coefficient (Wildman–Crippen LogP) is 3.14. The topological polar surface area (TPSA) is 39.7 Å². The quantitative estimate of drug-likeness (QED) is 0.874. The van der Waals surface area contributed by atoms with Gasteiger partial charge in [-0.25, -0.2) is 4.39 Å². The van der Waals surface area contributed by atoms with Gasteiger partial charge in [-0.1, -0.05) is 6.07 Å². The number of halogens is 1. The standard InChI is InChI=1S/C16H14FNO3/c17-11-2-3-12-14(8-11)21-16(9-18-12)10-1-4-13-15(7-10)20-6-5-19-13/h1-4,7-8,16,18H,5-6,9H2. The Hall–Kier alpha value is -2.43. The summed E-state index contributed by atoms with van der Waals surface area (Å²) in [6.45, 7) is 1.74. The van der Waals surface area contributed by atoms with E-state index in [0.717, 1.165) is 22.7 Å². The molecule has 0 saturated carbocycles. The van der Waals surface area contributed by atoms with E-state index in [1.165, 1.54) is 12.1 Å². The Kier molecular flexibility index (Phi) is 2.84. The molecule has 0 fully saturated rings. The van der Waals surface area contributed by atoms with E-state index in [1.807, 2.05) is 18.2 Å². The van der Waals surface area contributed by atoms with Crippen LogP contribution in [0.25, 0.3) is 0 Å². The molecule has 0 saturated heterocycles. The average Bonchev–Trinajstić information content (AvgIpc) is 2.53. The van der Waals surface area contributed by atoms with E-state index in [4.69, 9.17) is 14.2 Å². The third-order valence-electron chi connectivity index (χ3n) is 3.63. The summed E-state index contributed by atoms with van der Waals surface area (Å²) >= 11 is 0. The molecule has 2 aliphatic rings. The molecule has 1 unspecified atom stereocenters. The number of ether oxygens (including phenoxy) is 3. The van der Waals surface area contributed by atoms with Crippen molar-refractivity contribution in [3.63, 3.8) is 0 Å². The molecule has 4 nitrogen and oxygen atoms in total. The second kappa shape index (κ2) is 4.84. The maximum Gasteiger partial charge on any atom is 0.161 e. The number of benzene rings is 2. The lowest BCUT2D eigenvalue weighted by Crippen LogP contribution is -2.24. The van der Waals surface area contributed by atoms with Crippen LogP contribution < -0.4 is 19.5 Å². The lowest BCUT2D eigenvalue weighted by molar-refractivity contribution is 0.169. The highest BCUT2D eigenvalue weighted by Crippen LogP contribution is 2.38. The first-order valence-corrected chi connectivity index (χ1v) is 6.89. The lowest BCUT2D eigenvalue weighted by atomic mass is 10.1. The van der Waals surface area contributed by atoms with Gasteiger partial charge in [-0.3, -0.25) is 0 Å². The minimum absolute atomic E-state index is 0.185. The number of hydrogen-bond donors (Lipinski definition) is 1. The predicted molar refractivity (Wildman–Crippen MR) is 75.7 cm³/mol. The second-order valence-corrected chi connectivity index (χ2v) is 5.03. The van der Waals surface area contributed by atoms with Gasteiger partial charge in [0.15, 0.2) is 11.5 Å². The molecule has 0 radical (unpaired) electrons. The number of hydrogen-bond acceptors (Lipinski definition) is 4. The van der Waals surface area contributed by atoms with Gasteiger partial charge in [0.25, 0.3) is 0 Å². The van der Waals surface area contributed by atoms with Gasteiger partial charge in [0.05, 0.1) is 12.2 Å². The van der Waals surface area contributed by atoms with Gasteiger partial charge in [0.2, 0.25) is 0 Å². The third kappa shape index (κ3) is 2.24. The van der Waals surface area contributed by atoms with Gasteiger partial charge in [0.1, 0.15) is 30.9 Å². The van der Waals surface area contributed by atoms with Crippen LogP contribution in [-0.4, -0.2) is 19.8 Å². The van der Waals surface area contributed by atoms with Crippen LogP contribution in [0.4, 0.5) is 10.1 Å². The average molecular weight is 287 g/mol. The Labute approximate surface area is 121 Å². The highest BCUT2D eigenvalue weighted by Gasteiger charge is 2.23. The molecule has 0 amide bonds. The number of fused-ring (bicyclic) bond motifs is 2. The highest BCUT2D eigenvalue weighted by atomic mass is 19.1. The van der Waals surface area contributed by atoms with Gasteiger partial charge < -0.3 is 19.5 Å². The first kappa shape index (κ1) is 12.3. The van der Waals surface area contributed by atoms with Crippen LogP contribution in [0.15, 0.2) is 36.4 Å². The van der Waals surface area contributed by atoms with Crippen molar-refractivity contribution in [1.29, 1.82) is 0 Å². The Morgan fingerprint density at radius 1 is 0.952 bits per heavy atom. The minimum Gasteiger partial charge on any atom is -0.486 e. The van der Waals surface area contributed by atoms with Gasteiger partial charge in [-0.05, 0) is 29.8 Å². The van der Waals surface area contributed by atoms with Crippen molar-refractivity contribution in [3.05, 3.63) is 47.8 Å². The van der Waals surface area contributed by atoms with E-state index in [1.54, 1.807) is 6.07 Å². The number of rotatable bonds is 1. The van der Waals surface area contributed by atoms with Crippen molar-refractivity contribution in [2.75, 3.05) is 25.1 Å². The van der Waals surface area contributed by atoms with Crippen LogP contribution in [0.1, 0.15) is 11.7 Å². The van der Waals surface area contributed by atoms with Crippen molar-refractivity contribution < 1.29 is 18.6 Å². The molecule has 1 N–H and O–H groups in total. The Bertz CT molecular complexity index is 689. The molecule has 0 bridgehead atoms. The monoisotopic (exact) mass is 287 g/mol. The van der Waals surface area contributed by atoms with Gasteiger partial charge >= 0.3 is 0 Å². The van der Waals surface area contributed by atoms with Crippen molar-refractivity contribution in [3.8, 4) is 17.2 Å². The zero-order valence-electron chi connectivity index (χ0n) is 11.3. The fraction of sp³-hybridized carbons (Fsp3) is 0.250. The zero-order chi connectivity index (χ0) is 14.2. The van der Waals surface area contributed by atoms with E-state index in [-0.39, 0.29) is 11.9 Å². The normalized spacial score (nSPS) is 19.2. The lowest BCUT2D eigenvalue weighted by Gasteiger charge is -2.28. The van der Waals surface area contributed by atoms with Gasteiger partial charge in [-0.2, -0.15) is 0 Å². The van der Waals surface area contributed by atoms with Crippen molar-refractivity contribution in [1.82, 2.24) is 0 Å². The third-order valence-corrected chi connectivity index (χ3v) is 3.63. The van der Waals surface area contributed by atoms with E-state index in [2.05, 4.69) is 5.32 Å². The smallest absolute Gasteiger partial charge is 0.161 e. The van der Waals surface area contributed by atoms with Gasteiger partial charge in [-0.15, -0.1) is 0 Å². The minimum atomic E-state index is -0.307. The molecule has 2 aromatic rings. The molecule has 0 aromatic heterocycles. The summed E-state index contributed by atoms with van der Waals surface area (Å²) < 4.78 is 30.3. The highest BCUT2D eigenvalue weighted by molar-refractivity contribution is 5.58. The summed E-state index contributed by atoms with van der Waals surface area (Å²) in [7, 11) is 0. The second-order valence-electron chi connectivity index (χ2n) is 5.03. The first-order valence-electron chi connectivity index (χ1n) is 6.89. The zero-order valence-corrected chi connectivity index (χ0v) is 11.3. The summed E-state index contributed by atoms with van der Waals surface area (Å²) in [6, 6.07) is 10.3. The van der Waals surface area contributed by atoms with E-state index in [0.29, 0.717) is 25.5 Å². The van der Waals surface area contributed by atoms with Crippen LogP contribution >= 0.6 is 0 Å². The summed E-state index contributed by atoms with van der Waals surface area (Å²) in [5.74, 6) is 1.70. The van der Waals surface area contributed by atoms with Crippen LogP contribution in [0.5, 0.6) is 17.2 Å². The molecular weight excluding hydrogens is 273 g/mol. The molecule has 4 rings (SSSR count). The maximum atomic E-state index is 13.3. The van der Waals surface area contributed by atoms with Crippen molar-refractivity contribution >= 4 is 5.69 Å². The molecule has 0 spiro atoms. The number of anilines is 1. The molecule has 2 aromatic carbocycles. The van der Waals surface area contributed by atoms with E-state index >= 15 is 0 Å². The largest absolute Gasteiger partial charge is 0.486 e. The summed E-state index contributed by atoms with van der Waals surface area (Å²) in [6.07, 6.45) is -0.185. The van der Waals surface area contributed by atoms with E-state index in [9.17, 15) is 4.39 Å². The van der Waals surface area contributed by atoms with Gasteiger partial charge in [0, 0.05) is 6.07 Å². The van der Waals surface area contributed by atoms with Crippen LogP contribution in [0.3, 0.4) is 0 Å². The molecule has 2 heterocycles. The van der Waals surface area contributed by atoms with Crippen LogP contribution in [0.2, 0.25) is 0 Å². The summed E-state index contributed by atoms with van der Waals surface area (Å²) in [5.41, 5.74) is 1.78. The molecule has 108 valence electrons. The van der Waals surface area contributed by atoms with Crippen LogP contribution in [0, 0.1) is 5.82 Å². The molecule has 2 aliphatic heterocycles. The molecule has 0 aliphatic carbocycles. The molecule has 21 heavy (non-hydrogen) atoms. The first-order chi connectivity index (χ1) is 10.3.